The van der Waals surface area contributed by atoms with Crippen LogP contribution in [-0.2, 0) is 5.41 Å². The number of benzene rings is 1. The van der Waals surface area contributed by atoms with Crippen LogP contribution >= 0.6 is 11.3 Å². The van der Waals surface area contributed by atoms with Gasteiger partial charge in [-0.05, 0) is 34.6 Å². The van der Waals surface area contributed by atoms with Crippen LogP contribution in [0.2, 0.25) is 0 Å². The van der Waals surface area contributed by atoms with Crippen LogP contribution in [0.15, 0.2) is 52.6 Å². The van der Waals surface area contributed by atoms with Crippen LogP contribution in [0.5, 0.6) is 0 Å². The molecule has 0 saturated heterocycles. The number of thiophene rings is 1. The molecule has 1 amide bonds. The number of H-pyrrole nitrogens is 1. The number of fused-ring (bicyclic) bond motifs is 1. The van der Waals surface area contributed by atoms with E-state index in [9.17, 15) is 9.59 Å². The van der Waals surface area contributed by atoms with Crippen molar-refractivity contribution in [2.45, 2.75) is 26.2 Å². The molecule has 4 rings (SSSR count). The number of amides is 1. The van der Waals surface area contributed by atoms with E-state index in [1.54, 1.807) is 12.1 Å². The number of nitrogens with zero attached hydrogens (tertiary/aromatic N) is 3. The van der Waals surface area contributed by atoms with E-state index in [2.05, 4.69) is 41.2 Å². The molecule has 142 valence electrons. The monoisotopic (exact) mass is 393 g/mol. The lowest BCUT2D eigenvalue weighted by molar-refractivity contribution is 0.102. The maximum Gasteiger partial charge on any atom is 0.256 e. The Morgan fingerprint density at radius 1 is 1.18 bits per heavy atom. The third-order valence-corrected chi connectivity index (χ3v) is 5.20. The van der Waals surface area contributed by atoms with Gasteiger partial charge in [-0.15, -0.1) is 16.4 Å². The smallest absolute Gasteiger partial charge is 0.256 e. The molecule has 8 heteroatoms. The fourth-order valence-electron chi connectivity index (χ4n) is 2.80. The number of carbonyl (C=O) groups excluding carboxylic acids is 1. The summed E-state index contributed by atoms with van der Waals surface area (Å²) >= 11 is 1.50. The minimum absolute atomic E-state index is 0.00676. The number of nitrogens with one attached hydrogen (secondary N) is 2. The highest BCUT2D eigenvalue weighted by Crippen LogP contribution is 2.23. The molecule has 0 spiro atoms. The van der Waals surface area contributed by atoms with Crippen molar-refractivity contribution in [2.75, 3.05) is 5.32 Å². The summed E-state index contributed by atoms with van der Waals surface area (Å²) in [5, 5.41) is 9.11. The quantitative estimate of drug-likeness (QED) is 0.555. The molecule has 3 heterocycles. The Bertz CT molecular complexity index is 1200. The van der Waals surface area contributed by atoms with Crippen LogP contribution in [0.25, 0.3) is 16.5 Å². The summed E-state index contributed by atoms with van der Waals surface area (Å²) in [5.74, 6) is 0.704. The zero-order valence-corrected chi connectivity index (χ0v) is 16.5. The minimum atomic E-state index is -0.365. The van der Waals surface area contributed by atoms with Gasteiger partial charge in [-0.1, -0.05) is 39.0 Å². The Morgan fingerprint density at radius 3 is 2.57 bits per heavy atom. The van der Waals surface area contributed by atoms with Gasteiger partial charge in [0.1, 0.15) is 5.82 Å². The molecular formula is C20H19N5O2S. The van der Waals surface area contributed by atoms with E-state index in [1.165, 1.54) is 21.9 Å². The third-order valence-electron chi connectivity index (χ3n) is 4.33. The second kappa shape index (κ2) is 6.72. The molecule has 4 aromatic rings. The molecule has 2 N–H and O–H groups in total. The van der Waals surface area contributed by atoms with Gasteiger partial charge in [0.2, 0.25) is 5.78 Å². The van der Waals surface area contributed by atoms with E-state index in [0.717, 1.165) is 10.4 Å². The molecule has 0 aliphatic heterocycles. The van der Waals surface area contributed by atoms with E-state index >= 15 is 0 Å². The first-order chi connectivity index (χ1) is 13.3. The Kier molecular flexibility index (Phi) is 4.35. The third kappa shape index (κ3) is 3.46. The summed E-state index contributed by atoms with van der Waals surface area (Å²) in [5.41, 5.74) is 1.28. The van der Waals surface area contributed by atoms with Crippen molar-refractivity contribution in [3.05, 3.63) is 69.3 Å². The van der Waals surface area contributed by atoms with Crippen LogP contribution in [0.3, 0.4) is 0 Å². The maximum atomic E-state index is 12.7. The molecule has 7 nitrogen and oxygen atoms in total. The molecule has 28 heavy (non-hydrogen) atoms. The van der Waals surface area contributed by atoms with Gasteiger partial charge in [-0.3, -0.25) is 14.6 Å². The standard InChI is InChI=1S/C20H19N5O2S/c1-20(2,3)13-8-6-12(7-9-13)18(27)21-15-11-16(26)22-19-23-17(24-25(15)19)14-5-4-10-28-14/h4-11H,1-3H3,(H,21,27)(H,22,23,24,26). The summed E-state index contributed by atoms with van der Waals surface area (Å²) in [4.78, 5) is 32.5. The van der Waals surface area contributed by atoms with Gasteiger partial charge in [0.05, 0.1) is 4.88 Å². The summed E-state index contributed by atoms with van der Waals surface area (Å²) in [7, 11) is 0. The van der Waals surface area contributed by atoms with E-state index in [4.69, 9.17) is 0 Å². The highest BCUT2D eigenvalue weighted by Gasteiger charge is 2.16. The normalized spacial score (nSPS) is 11.7. The van der Waals surface area contributed by atoms with Gasteiger partial charge in [-0.25, -0.2) is 0 Å². The second-order valence-electron chi connectivity index (χ2n) is 7.45. The summed E-state index contributed by atoms with van der Waals surface area (Å²) in [6.45, 7) is 6.35. The summed E-state index contributed by atoms with van der Waals surface area (Å²) in [6, 6.07) is 12.5. The molecule has 1 aromatic carbocycles. The van der Waals surface area contributed by atoms with Crippen LogP contribution < -0.4 is 10.9 Å². The van der Waals surface area contributed by atoms with Crippen molar-refractivity contribution in [2.24, 2.45) is 0 Å². The average molecular weight is 393 g/mol. The van der Waals surface area contributed by atoms with Crippen molar-refractivity contribution in [1.29, 1.82) is 0 Å². The first kappa shape index (κ1) is 18.1. The number of hydrogen-bond acceptors (Lipinski definition) is 5. The van der Waals surface area contributed by atoms with Crippen molar-refractivity contribution in [3.8, 4) is 10.7 Å². The van der Waals surface area contributed by atoms with Crippen LogP contribution in [-0.4, -0.2) is 25.5 Å². The number of carbonyl (C=O) groups is 1. The molecule has 0 aliphatic carbocycles. The zero-order valence-electron chi connectivity index (χ0n) is 15.7. The van der Waals surface area contributed by atoms with Gasteiger partial charge in [0.25, 0.3) is 11.5 Å². The summed E-state index contributed by atoms with van der Waals surface area (Å²) < 4.78 is 1.43. The lowest BCUT2D eigenvalue weighted by Gasteiger charge is -2.19. The van der Waals surface area contributed by atoms with Crippen LogP contribution in [0.1, 0.15) is 36.7 Å². The van der Waals surface area contributed by atoms with Crippen LogP contribution in [0.4, 0.5) is 5.82 Å². The molecule has 0 bridgehead atoms. The lowest BCUT2D eigenvalue weighted by atomic mass is 9.87. The zero-order chi connectivity index (χ0) is 19.9. The number of aromatic amines is 1. The topological polar surface area (TPSA) is 92.1 Å². The van der Waals surface area contributed by atoms with E-state index in [1.807, 2.05) is 29.6 Å². The Labute approximate surface area is 165 Å². The fraction of sp³-hybridized carbons (Fsp3) is 0.200. The average Bonchev–Trinajstić information content (AvgIpc) is 3.30. The minimum Gasteiger partial charge on any atom is -0.306 e. The Balaban J connectivity index is 1.67. The van der Waals surface area contributed by atoms with Crippen molar-refractivity contribution in [1.82, 2.24) is 19.6 Å². The van der Waals surface area contributed by atoms with E-state index in [0.29, 0.717) is 11.4 Å². The second-order valence-corrected chi connectivity index (χ2v) is 8.40. The fourth-order valence-corrected chi connectivity index (χ4v) is 3.45. The Morgan fingerprint density at radius 2 is 1.93 bits per heavy atom. The molecule has 0 radical (unpaired) electrons. The predicted molar refractivity (Wildman–Crippen MR) is 110 cm³/mol. The molecular weight excluding hydrogens is 374 g/mol. The van der Waals surface area contributed by atoms with E-state index < -0.39 is 0 Å². The number of rotatable bonds is 3. The van der Waals surface area contributed by atoms with Crippen molar-refractivity contribution >= 4 is 28.8 Å². The SMILES string of the molecule is CC(C)(C)c1ccc(C(=O)Nc2cc(=O)[nH]c3nc(-c4cccs4)nn23)cc1. The van der Waals surface area contributed by atoms with Gasteiger partial charge in [0, 0.05) is 11.6 Å². The number of aromatic nitrogens is 4. The molecule has 0 unspecified atom stereocenters. The van der Waals surface area contributed by atoms with Crippen molar-refractivity contribution in [3.63, 3.8) is 0 Å². The highest BCUT2D eigenvalue weighted by molar-refractivity contribution is 7.13. The molecule has 3 aromatic heterocycles. The van der Waals surface area contributed by atoms with Gasteiger partial charge >= 0.3 is 0 Å². The largest absolute Gasteiger partial charge is 0.306 e. The first-order valence-corrected chi connectivity index (χ1v) is 9.65. The maximum absolute atomic E-state index is 12.7. The van der Waals surface area contributed by atoms with Crippen molar-refractivity contribution < 1.29 is 4.79 Å². The van der Waals surface area contributed by atoms with Gasteiger partial charge in [-0.2, -0.15) is 9.50 Å². The Hall–Kier alpha value is -3.26. The predicted octanol–water partition coefficient (Wildman–Crippen LogP) is 3.70. The molecule has 0 fully saturated rings. The molecule has 0 saturated carbocycles. The highest BCUT2D eigenvalue weighted by atomic mass is 32.1. The molecule has 0 atom stereocenters. The first-order valence-electron chi connectivity index (χ1n) is 8.77. The van der Waals surface area contributed by atoms with Gasteiger partial charge < -0.3 is 5.32 Å². The summed E-state index contributed by atoms with van der Waals surface area (Å²) in [6.07, 6.45) is 0. The van der Waals surface area contributed by atoms with Crippen LogP contribution in [0, 0.1) is 0 Å². The number of anilines is 1. The number of hydrogen-bond donors (Lipinski definition) is 2. The molecule has 0 aliphatic rings. The van der Waals surface area contributed by atoms with Gasteiger partial charge in [0.15, 0.2) is 5.82 Å². The van der Waals surface area contributed by atoms with E-state index in [-0.39, 0.29) is 28.5 Å². The lowest BCUT2D eigenvalue weighted by Crippen LogP contribution is -2.19.